The highest BCUT2D eigenvalue weighted by atomic mass is 19.1. The van der Waals surface area contributed by atoms with Crippen molar-refractivity contribution in [2.45, 2.75) is 64.8 Å². The van der Waals surface area contributed by atoms with Crippen LogP contribution in [0.5, 0.6) is 0 Å². The Labute approximate surface area is 149 Å². The fourth-order valence-electron chi connectivity index (χ4n) is 4.15. The van der Waals surface area contributed by atoms with Gasteiger partial charge in [0.25, 0.3) is 0 Å². The smallest absolute Gasteiger partial charge is 0.223 e. The number of nitrogens with one attached hydrogen (secondary N) is 1. The van der Waals surface area contributed by atoms with Crippen LogP contribution < -0.4 is 5.32 Å². The Kier molecular flexibility index (Phi) is 4.61. The first-order valence-electron chi connectivity index (χ1n) is 9.81. The molecular formula is C21H28FN3. The van der Waals surface area contributed by atoms with E-state index in [0.29, 0.717) is 29.5 Å². The van der Waals surface area contributed by atoms with Crippen LogP contribution in [0.4, 0.5) is 10.3 Å². The molecule has 1 heterocycles. The molecule has 1 atom stereocenters. The maximum atomic E-state index is 14.4. The van der Waals surface area contributed by atoms with Gasteiger partial charge in [-0.05, 0) is 68.3 Å². The van der Waals surface area contributed by atoms with Crippen molar-refractivity contribution < 1.29 is 4.39 Å². The number of hydrogen-bond acceptors (Lipinski definition) is 3. The predicted octanol–water partition coefficient (Wildman–Crippen LogP) is 5.37. The highest BCUT2D eigenvalue weighted by molar-refractivity contribution is 5.74. The average molecular weight is 341 g/mol. The standard InChI is InChI=1S/C21H28FN3/c1-13-3-9-17(10-4-13)24-21-23-12-19(22)20(25-21)16-6-5-14(2)18(11-16)15-7-8-15/h6,11-15,17H,3-5,7-10H2,1-2H3,(H,23,24,25). The zero-order valence-corrected chi connectivity index (χ0v) is 15.3. The van der Waals surface area contributed by atoms with E-state index in [1.807, 2.05) is 0 Å². The fourth-order valence-corrected chi connectivity index (χ4v) is 4.15. The van der Waals surface area contributed by atoms with E-state index in [4.69, 9.17) is 0 Å². The molecule has 4 heteroatoms. The number of aromatic nitrogens is 2. The number of nitrogens with zero attached hydrogens (tertiary/aromatic N) is 2. The molecular weight excluding hydrogens is 313 g/mol. The number of rotatable bonds is 4. The third-order valence-corrected chi connectivity index (χ3v) is 6.00. The summed E-state index contributed by atoms with van der Waals surface area (Å²) in [6.45, 7) is 4.58. The van der Waals surface area contributed by atoms with Gasteiger partial charge in [0.2, 0.25) is 5.95 Å². The molecule has 0 saturated heterocycles. The normalized spacial score (nSPS) is 29.8. The van der Waals surface area contributed by atoms with Crippen LogP contribution in [0.25, 0.3) is 5.57 Å². The summed E-state index contributed by atoms with van der Waals surface area (Å²) in [6, 6.07) is 0.410. The molecule has 2 fully saturated rings. The molecule has 134 valence electrons. The Balaban J connectivity index is 1.54. The summed E-state index contributed by atoms with van der Waals surface area (Å²) in [5, 5.41) is 3.43. The molecule has 25 heavy (non-hydrogen) atoms. The van der Waals surface area contributed by atoms with Crippen molar-refractivity contribution in [2.24, 2.45) is 17.8 Å². The Morgan fingerprint density at radius 1 is 1.08 bits per heavy atom. The van der Waals surface area contributed by atoms with Gasteiger partial charge in [0, 0.05) is 6.04 Å². The molecule has 0 amide bonds. The summed E-state index contributed by atoms with van der Waals surface area (Å²) in [6.07, 6.45) is 13.9. The van der Waals surface area contributed by atoms with Crippen LogP contribution in [0.2, 0.25) is 0 Å². The minimum atomic E-state index is -0.324. The number of halogens is 1. The van der Waals surface area contributed by atoms with E-state index in [2.05, 4.69) is 41.3 Å². The van der Waals surface area contributed by atoms with Gasteiger partial charge in [-0.15, -0.1) is 0 Å². The molecule has 1 N–H and O–H groups in total. The highest BCUT2D eigenvalue weighted by Gasteiger charge is 2.31. The SMILES string of the molecule is CC1CCC(Nc2ncc(F)c(C3=CCC(C)C(C4CC4)=C3)n2)CC1. The van der Waals surface area contributed by atoms with Crippen LogP contribution in [0.3, 0.4) is 0 Å². The monoisotopic (exact) mass is 341 g/mol. The Hall–Kier alpha value is -1.71. The largest absolute Gasteiger partial charge is 0.351 e. The van der Waals surface area contributed by atoms with E-state index >= 15 is 0 Å². The van der Waals surface area contributed by atoms with Gasteiger partial charge in [-0.3, -0.25) is 0 Å². The summed E-state index contributed by atoms with van der Waals surface area (Å²) in [7, 11) is 0. The maximum Gasteiger partial charge on any atom is 0.223 e. The molecule has 0 aliphatic heterocycles. The molecule has 0 aromatic carbocycles. The lowest BCUT2D eigenvalue weighted by molar-refractivity contribution is 0.360. The first-order chi connectivity index (χ1) is 12.1. The minimum absolute atomic E-state index is 0.324. The van der Waals surface area contributed by atoms with Crippen LogP contribution in [0.1, 0.15) is 64.5 Å². The molecule has 2 saturated carbocycles. The van der Waals surface area contributed by atoms with Gasteiger partial charge in [-0.2, -0.15) is 0 Å². The molecule has 3 aliphatic carbocycles. The maximum absolute atomic E-state index is 14.4. The van der Waals surface area contributed by atoms with E-state index in [1.54, 1.807) is 0 Å². The Morgan fingerprint density at radius 2 is 1.84 bits per heavy atom. The van der Waals surface area contributed by atoms with Crippen molar-refractivity contribution in [3.8, 4) is 0 Å². The molecule has 4 rings (SSSR count). The summed E-state index contributed by atoms with van der Waals surface area (Å²) in [4.78, 5) is 8.72. The fraction of sp³-hybridized carbons (Fsp3) is 0.619. The lowest BCUT2D eigenvalue weighted by atomic mass is 9.86. The van der Waals surface area contributed by atoms with E-state index in [9.17, 15) is 4.39 Å². The average Bonchev–Trinajstić information content (AvgIpc) is 3.44. The van der Waals surface area contributed by atoms with Gasteiger partial charge in [0.05, 0.1) is 6.20 Å². The molecule has 0 spiro atoms. The number of anilines is 1. The minimum Gasteiger partial charge on any atom is -0.351 e. The summed E-state index contributed by atoms with van der Waals surface area (Å²) in [5.74, 6) is 2.34. The third kappa shape index (κ3) is 3.78. The quantitative estimate of drug-likeness (QED) is 0.800. The van der Waals surface area contributed by atoms with Crippen molar-refractivity contribution in [3.05, 3.63) is 35.4 Å². The molecule has 1 unspecified atom stereocenters. The zero-order chi connectivity index (χ0) is 17.4. The van der Waals surface area contributed by atoms with Gasteiger partial charge < -0.3 is 5.32 Å². The van der Waals surface area contributed by atoms with Crippen molar-refractivity contribution in [1.82, 2.24) is 9.97 Å². The zero-order valence-electron chi connectivity index (χ0n) is 15.3. The van der Waals surface area contributed by atoms with E-state index in [-0.39, 0.29) is 5.82 Å². The van der Waals surface area contributed by atoms with E-state index in [1.165, 1.54) is 37.5 Å². The van der Waals surface area contributed by atoms with E-state index in [0.717, 1.165) is 30.8 Å². The Bertz CT molecular complexity index is 697. The summed E-state index contributed by atoms with van der Waals surface area (Å²) >= 11 is 0. The van der Waals surface area contributed by atoms with Gasteiger partial charge in [-0.1, -0.05) is 31.6 Å². The first-order valence-corrected chi connectivity index (χ1v) is 9.81. The van der Waals surface area contributed by atoms with Crippen LogP contribution in [-0.4, -0.2) is 16.0 Å². The van der Waals surface area contributed by atoms with Gasteiger partial charge in [-0.25, -0.2) is 14.4 Å². The molecule has 0 radical (unpaired) electrons. The lowest BCUT2D eigenvalue weighted by Crippen LogP contribution is -2.26. The number of hydrogen-bond donors (Lipinski definition) is 1. The molecule has 1 aromatic rings. The van der Waals surface area contributed by atoms with Crippen molar-refractivity contribution in [2.75, 3.05) is 5.32 Å². The summed E-state index contributed by atoms with van der Waals surface area (Å²) in [5.41, 5.74) is 2.86. The lowest BCUT2D eigenvalue weighted by Gasteiger charge is -2.27. The van der Waals surface area contributed by atoms with Gasteiger partial charge in [0.15, 0.2) is 5.82 Å². The number of allylic oxidation sites excluding steroid dienone is 4. The summed E-state index contributed by atoms with van der Waals surface area (Å²) < 4.78 is 14.4. The second kappa shape index (κ2) is 6.89. The topological polar surface area (TPSA) is 37.8 Å². The van der Waals surface area contributed by atoms with Crippen molar-refractivity contribution in [3.63, 3.8) is 0 Å². The van der Waals surface area contributed by atoms with Gasteiger partial charge >= 0.3 is 0 Å². The van der Waals surface area contributed by atoms with Crippen molar-refractivity contribution in [1.29, 1.82) is 0 Å². The predicted molar refractivity (Wildman–Crippen MR) is 99.6 cm³/mol. The molecule has 3 nitrogen and oxygen atoms in total. The van der Waals surface area contributed by atoms with Gasteiger partial charge in [0.1, 0.15) is 5.69 Å². The van der Waals surface area contributed by atoms with Crippen molar-refractivity contribution >= 4 is 11.5 Å². The van der Waals surface area contributed by atoms with Crippen LogP contribution >= 0.6 is 0 Å². The molecule has 3 aliphatic rings. The second-order valence-electron chi connectivity index (χ2n) is 8.21. The van der Waals surface area contributed by atoms with Crippen LogP contribution in [0, 0.1) is 23.6 Å². The van der Waals surface area contributed by atoms with Crippen LogP contribution in [0.15, 0.2) is 23.9 Å². The Morgan fingerprint density at radius 3 is 2.56 bits per heavy atom. The molecule has 0 bridgehead atoms. The molecule has 1 aromatic heterocycles. The first kappa shape index (κ1) is 16.7. The second-order valence-corrected chi connectivity index (χ2v) is 8.21. The van der Waals surface area contributed by atoms with Crippen LogP contribution in [-0.2, 0) is 0 Å². The third-order valence-electron chi connectivity index (χ3n) is 6.00. The van der Waals surface area contributed by atoms with E-state index < -0.39 is 0 Å². The highest BCUT2D eigenvalue weighted by Crippen LogP contribution is 2.44.